The molecule has 0 saturated heterocycles. The van der Waals surface area contributed by atoms with Crippen LogP contribution in [0, 0.1) is 0 Å². The van der Waals surface area contributed by atoms with Gasteiger partial charge in [-0.3, -0.25) is 4.57 Å². The highest BCUT2D eigenvalue weighted by molar-refractivity contribution is 5.90. The number of carbonyl (C=O) groups is 1. The van der Waals surface area contributed by atoms with Crippen molar-refractivity contribution in [3.63, 3.8) is 0 Å². The van der Waals surface area contributed by atoms with Gasteiger partial charge in [-0.25, -0.2) is 4.79 Å². The van der Waals surface area contributed by atoms with Crippen molar-refractivity contribution >= 4 is 17.1 Å². The van der Waals surface area contributed by atoms with Gasteiger partial charge in [0, 0.05) is 18.4 Å². The summed E-state index contributed by atoms with van der Waals surface area (Å²) in [4.78, 5) is 14.7. The van der Waals surface area contributed by atoms with E-state index in [1.807, 2.05) is 32.2 Å². The van der Waals surface area contributed by atoms with Crippen LogP contribution in [0.25, 0.3) is 11.0 Å². The topological polar surface area (TPSA) is 49.8 Å². The fraction of sp³-hybridized carbons (Fsp3) is 0.300. The third-order valence-electron chi connectivity index (χ3n) is 2.04. The lowest BCUT2D eigenvalue weighted by Crippen LogP contribution is -2.33. The number of aromatic amines is 1. The molecule has 0 unspecified atom stereocenters. The number of fused-ring (bicyclic) bond motifs is 1. The minimum atomic E-state index is -0.0883. The van der Waals surface area contributed by atoms with Crippen molar-refractivity contribution in [3.05, 3.63) is 24.5 Å². The summed E-state index contributed by atoms with van der Waals surface area (Å²) in [6.45, 7) is 3.88. The minimum Gasteiger partial charge on any atom is -0.360 e. The largest absolute Gasteiger partial charge is 0.360 e. The minimum absolute atomic E-state index is 0.0883. The molecule has 2 aromatic rings. The highest BCUT2D eigenvalue weighted by Gasteiger charge is 2.09. The van der Waals surface area contributed by atoms with Gasteiger partial charge in [-0.2, -0.15) is 0 Å². The lowest BCUT2D eigenvalue weighted by Gasteiger charge is -2.08. The molecule has 2 heterocycles. The maximum atomic E-state index is 11.7. The predicted octanol–water partition coefficient (Wildman–Crippen LogP) is 1.94. The van der Waals surface area contributed by atoms with Crippen LogP contribution in [0.4, 0.5) is 4.79 Å². The zero-order chi connectivity index (χ0) is 10.1. The maximum Gasteiger partial charge on any atom is 0.326 e. The summed E-state index contributed by atoms with van der Waals surface area (Å²) >= 11 is 0. The highest BCUT2D eigenvalue weighted by Crippen LogP contribution is 2.12. The van der Waals surface area contributed by atoms with Crippen molar-refractivity contribution in [2.45, 2.75) is 19.9 Å². The summed E-state index contributed by atoms with van der Waals surface area (Å²) < 4.78 is 1.60. The first-order valence-corrected chi connectivity index (χ1v) is 4.64. The Morgan fingerprint density at radius 3 is 3.00 bits per heavy atom. The van der Waals surface area contributed by atoms with Crippen molar-refractivity contribution in [2.75, 3.05) is 0 Å². The van der Waals surface area contributed by atoms with Gasteiger partial charge in [-0.1, -0.05) is 0 Å². The SMILES string of the molecule is CC(C)NC(=O)n1ccc2[nH]ccc21. The summed E-state index contributed by atoms with van der Waals surface area (Å²) in [6, 6.07) is 3.83. The number of nitrogens with zero attached hydrogens (tertiary/aromatic N) is 1. The van der Waals surface area contributed by atoms with E-state index in [1.165, 1.54) is 0 Å². The normalized spacial score (nSPS) is 11.1. The zero-order valence-corrected chi connectivity index (χ0v) is 8.24. The second-order valence-corrected chi connectivity index (χ2v) is 3.57. The van der Waals surface area contributed by atoms with Gasteiger partial charge in [0.15, 0.2) is 0 Å². The Bertz CT molecular complexity index is 453. The van der Waals surface area contributed by atoms with Crippen LogP contribution >= 0.6 is 0 Å². The summed E-state index contributed by atoms with van der Waals surface area (Å²) in [7, 11) is 0. The summed E-state index contributed by atoms with van der Waals surface area (Å²) in [6.07, 6.45) is 3.59. The van der Waals surface area contributed by atoms with Crippen LogP contribution in [0.5, 0.6) is 0 Å². The number of rotatable bonds is 1. The molecule has 1 amide bonds. The van der Waals surface area contributed by atoms with E-state index in [0.29, 0.717) is 0 Å². The molecule has 4 heteroatoms. The molecular weight excluding hydrogens is 178 g/mol. The molecule has 2 rings (SSSR count). The van der Waals surface area contributed by atoms with Gasteiger partial charge < -0.3 is 10.3 Å². The average molecular weight is 191 g/mol. The van der Waals surface area contributed by atoms with Gasteiger partial charge in [0.05, 0.1) is 11.0 Å². The van der Waals surface area contributed by atoms with E-state index >= 15 is 0 Å². The smallest absolute Gasteiger partial charge is 0.326 e. The van der Waals surface area contributed by atoms with E-state index in [-0.39, 0.29) is 12.1 Å². The number of hydrogen-bond acceptors (Lipinski definition) is 1. The molecule has 0 fully saturated rings. The average Bonchev–Trinajstić information content (AvgIpc) is 2.59. The molecule has 0 bridgehead atoms. The molecule has 0 aliphatic carbocycles. The van der Waals surface area contributed by atoms with Gasteiger partial charge in [0.2, 0.25) is 0 Å². The second kappa shape index (κ2) is 3.21. The molecule has 4 nitrogen and oxygen atoms in total. The highest BCUT2D eigenvalue weighted by atomic mass is 16.2. The van der Waals surface area contributed by atoms with E-state index in [1.54, 1.807) is 10.8 Å². The van der Waals surface area contributed by atoms with Crippen LogP contribution in [-0.4, -0.2) is 21.6 Å². The van der Waals surface area contributed by atoms with E-state index in [4.69, 9.17) is 0 Å². The van der Waals surface area contributed by atoms with Gasteiger partial charge in [-0.05, 0) is 26.0 Å². The monoisotopic (exact) mass is 191 g/mol. The van der Waals surface area contributed by atoms with Crippen molar-refractivity contribution < 1.29 is 4.79 Å². The molecular formula is C10H13N3O. The molecule has 14 heavy (non-hydrogen) atoms. The Labute approximate surface area is 81.9 Å². The number of H-pyrrole nitrogens is 1. The second-order valence-electron chi connectivity index (χ2n) is 3.57. The molecule has 0 aliphatic rings. The van der Waals surface area contributed by atoms with Crippen molar-refractivity contribution in [1.82, 2.24) is 14.9 Å². The Kier molecular flexibility index (Phi) is 2.04. The fourth-order valence-electron chi connectivity index (χ4n) is 1.44. The summed E-state index contributed by atoms with van der Waals surface area (Å²) in [5.41, 5.74) is 1.88. The Morgan fingerprint density at radius 2 is 2.29 bits per heavy atom. The zero-order valence-electron chi connectivity index (χ0n) is 8.24. The molecule has 74 valence electrons. The van der Waals surface area contributed by atoms with Crippen LogP contribution in [-0.2, 0) is 0 Å². The summed E-state index contributed by atoms with van der Waals surface area (Å²) in [5.74, 6) is 0. The van der Waals surface area contributed by atoms with Crippen molar-refractivity contribution in [3.8, 4) is 0 Å². The molecule has 2 aromatic heterocycles. The Morgan fingerprint density at radius 1 is 1.50 bits per heavy atom. The first-order chi connectivity index (χ1) is 6.68. The fourth-order valence-corrected chi connectivity index (χ4v) is 1.44. The molecule has 0 radical (unpaired) electrons. The number of carbonyl (C=O) groups excluding carboxylic acids is 1. The van der Waals surface area contributed by atoms with Gasteiger partial charge >= 0.3 is 6.03 Å². The lowest BCUT2D eigenvalue weighted by atomic mass is 10.4. The number of amides is 1. The van der Waals surface area contributed by atoms with E-state index < -0.39 is 0 Å². The quantitative estimate of drug-likeness (QED) is 0.711. The first kappa shape index (κ1) is 8.87. The number of hydrogen-bond donors (Lipinski definition) is 2. The van der Waals surface area contributed by atoms with Crippen LogP contribution in [0.15, 0.2) is 24.5 Å². The van der Waals surface area contributed by atoms with E-state index in [2.05, 4.69) is 10.3 Å². The lowest BCUT2D eigenvalue weighted by molar-refractivity contribution is 0.241. The maximum absolute atomic E-state index is 11.7. The molecule has 0 aromatic carbocycles. The molecule has 0 saturated carbocycles. The van der Waals surface area contributed by atoms with Gasteiger partial charge in [0.25, 0.3) is 0 Å². The third-order valence-corrected chi connectivity index (χ3v) is 2.04. The van der Waals surface area contributed by atoms with E-state index in [0.717, 1.165) is 11.0 Å². The van der Waals surface area contributed by atoms with Gasteiger partial charge in [-0.15, -0.1) is 0 Å². The Hall–Kier alpha value is -1.71. The van der Waals surface area contributed by atoms with Crippen molar-refractivity contribution in [1.29, 1.82) is 0 Å². The third kappa shape index (κ3) is 1.39. The molecule has 0 aliphatic heterocycles. The number of nitrogens with one attached hydrogen (secondary N) is 2. The van der Waals surface area contributed by atoms with Crippen LogP contribution in [0.1, 0.15) is 13.8 Å². The first-order valence-electron chi connectivity index (χ1n) is 4.64. The van der Waals surface area contributed by atoms with Crippen LogP contribution in [0.3, 0.4) is 0 Å². The molecule has 0 spiro atoms. The van der Waals surface area contributed by atoms with Crippen molar-refractivity contribution in [2.24, 2.45) is 0 Å². The van der Waals surface area contributed by atoms with Crippen LogP contribution in [0.2, 0.25) is 0 Å². The summed E-state index contributed by atoms with van der Waals surface area (Å²) in [5, 5.41) is 2.84. The standard InChI is InChI=1S/C10H13N3O/c1-7(2)12-10(14)13-6-4-8-9(13)3-5-11-8/h3-7,11H,1-2H3,(H,12,14). The Balaban J connectivity index is 2.34. The molecule has 0 atom stereocenters. The van der Waals surface area contributed by atoms with E-state index in [9.17, 15) is 4.79 Å². The predicted molar refractivity (Wildman–Crippen MR) is 55.4 cm³/mol. The number of aromatic nitrogens is 2. The van der Waals surface area contributed by atoms with Gasteiger partial charge in [0.1, 0.15) is 0 Å². The van der Waals surface area contributed by atoms with Crippen LogP contribution < -0.4 is 5.32 Å². The molecule has 2 N–H and O–H groups in total.